The van der Waals surface area contributed by atoms with E-state index < -0.39 is 12.0 Å². The Kier molecular flexibility index (Phi) is 7.37. The molecular formula is C20H21ClN2O4. The van der Waals surface area contributed by atoms with E-state index in [1.807, 2.05) is 6.07 Å². The monoisotopic (exact) mass is 388 g/mol. The number of anilines is 1. The maximum atomic E-state index is 12.4. The third-order valence-electron chi connectivity index (χ3n) is 3.88. The summed E-state index contributed by atoms with van der Waals surface area (Å²) < 4.78 is 0. The molecule has 0 saturated heterocycles. The second-order valence-corrected chi connectivity index (χ2v) is 6.59. The maximum Gasteiger partial charge on any atom is 0.303 e. The number of hydrogen-bond acceptors (Lipinski definition) is 3. The van der Waals surface area contributed by atoms with Crippen molar-refractivity contribution in [2.45, 2.75) is 32.2 Å². The molecule has 0 aliphatic carbocycles. The van der Waals surface area contributed by atoms with Gasteiger partial charge in [0, 0.05) is 24.1 Å². The van der Waals surface area contributed by atoms with E-state index in [1.165, 1.54) is 6.92 Å². The zero-order valence-electron chi connectivity index (χ0n) is 14.9. The van der Waals surface area contributed by atoms with Crippen LogP contribution in [0.4, 0.5) is 5.69 Å². The van der Waals surface area contributed by atoms with Crippen LogP contribution in [-0.4, -0.2) is 22.9 Å². The van der Waals surface area contributed by atoms with Gasteiger partial charge >= 0.3 is 5.97 Å². The summed E-state index contributed by atoms with van der Waals surface area (Å²) in [4.78, 5) is 34.6. The van der Waals surface area contributed by atoms with Crippen molar-refractivity contribution >= 4 is 35.1 Å². The predicted molar refractivity (Wildman–Crippen MR) is 104 cm³/mol. The normalized spacial score (nSPS) is 11.5. The summed E-state index contributed by atoms with van der Waals surface area (Å²) in [6.45, 7) is 1.40. The highest BCUT2D eigenvalue weighted by Gasteiger charge is 2.17. The molecule has 0 saturated carbocycles. The molecule has 0 heterocycles. The highest BCUT2D eigenvalue weighted by Crippen LogP contribution is 2.21. The molecule has 2 amide bonds. The Labute approximate surface area is 162 Å². The number of benzene rings is 2. The summed E-state index contributed by atoms with van der Waals surface area (Å²) in [5.41, 5.74) is 2.19. The second kappa shape index (κ2) is 9.73. The van der Waals surface area contributed by atoms with Gasteiger partial charge in [0.05, 0.1) is 12.5 Å². The zero-order chi connectivity index (χ0) is 19.8. The summed E-state index contributed by atoms with van der Waals surface area (Å²) in [6.07, 6.45) is 0.470. The molecule has 0 spiro atoms. The molecular weight excluding hydrogens is 368 g/mol. The van der Waals surface area contributed by atoms with Crippen LogP contribution >= 0.6 is 11.6 Å². The van der Waals surface area contributed by atoms with Gasteiger partial charge < -0.3 is 15.7 Å². The Balaban J connectivity index is 2.04. The number of aryl methyl sites for hydroxylation is 1. The first-order valence-electron chi connectivity index (χ1n) is 8.46. The molecule has 0 fully saturated rings. The van der Waals surface area contributed by atoms with Gasteiger partial charge in [0.15, 0.2) is 0 Å². The van der Waals surface area contributed by atoms with Crippen molar-refractivity contribution in [1.82, 2.24) is 5.32 Å². The van der Waals surface area contributed by atoms with Gasteiger partial charge in [-0.1, -0.05) is 35.9 Å². The molecule has 0 aromatic heterocycles. The molecule has 142 valence electrons. The van der Waals surface area contributed by atoms with Crippen LogP contribution in [0.1, 0.15) is 36.9 Å². The van der Waals surface area contributed by atoms with Crippen molar-refractivity contribution in [3.05, 3.63) is 64.7 Å². The Morgan fingerprint density at radius 2 is 1.81 bits per heavy atom. The Hall–Kier alpha value is -2.86. The number of hydrogen-bond donors (Lipinski definition) is 3. The maximum absolute atomic E-state index is 12.4. The molecule has 3 N–H and O–H groups in total. The van der Waals surface area contributed by atoms with Crippen LogP contribution in [0.25, 0.3) is 0 Å². The Morgan fingerprint density at radius 3 is 2.44 bits per heavy atom. The third-order valence-corrected chi connectivity index (χ3v) is 4.13. The van der Waals surface area contributed by atoms with Crippen molar-refractivity contribution in [3.63, 3.8) is 0 Å². The number of carboxylic acids is 1. The van der Waals surface area contributed by atoms with Crippen LogP contribution in [0, 0.1) is 0 Å². The molecule has 0 aliphatic heterocycles. The largest absolute Gasteiger partial charge is 0.481 e. The van der Waals surface area contributed by atoms with Crippen LogP contribution in [0.3, 0.4) is 0 Å². The lowest BCUT2D eigenvalue weighted by molar-refractivity contribution is -0.137. The first-order valence-corrected chi connectivity index (χ1v) is 8.84. The first kappa shape index (κ1) is 20.5. The lowest BCUT2D eigenvalue weighted by atomic mass is 10.0. The molecule has 0 bridgehead atoms. The van der Waals surface area contributed by atoms with E-state index in [0.29, 0.717) is 17.1 Å². The highest BCUT2D eigenvalue weighted by molar-refractivity contribution is 6.30. The standard InChI is InChI=1S/C20H21ClN2O4/c1-13(24)22-18(15-6-8-16(21)9-7-15)12-19(25)23-17-4-2-3-14(11-17)5-10-20(26)27/h2-4,6-9,11,18H,5,10,12H2,1H3,(H,22,24)(H,23,25)(H,26,27). The summed E-state index contributed by atoms with van der Waals surface area (Å²) >= 11 is 5.89. The molecule has 7 heteroatoms. The van der Waals surface area contributed by atoms with Crippen molar-refractivity contribution < 1.29 is 19.5 Å². The van der Waals surface area contributed by atoms with Crippen molar-refractivity contribution in [2.24, 2.45) is 0 Å². The van der Waals surface area contributed by atoms with Crippen LogP contribution in [-0.2, 0) is 20.8 Å². The van der Waals surface area contributed by atoms with Gasteiger partial charge in [-0.15, -0.1) is 0 Å². The van der Waals surface area contributed by atoms with E-state index in [0.717, 1.165) is 11.1 Å². The van der Waals surface area contributed by atoms with Crippen molar-refractivity contribution in [2.75, 3.05) is 5.32 Å². The summed E-state index contributed by atoms with van der Waals surface area (Å²) in [5.74, 6) is -1.37. The molecule has 2 aromatic rings. The SMILES string of the molecule is CC(=O)NC(CC(=O)Nc1cccc(CCC(=O)O)c1)c1ccc(Cl)cc1. The van der Waals surface area contributed by atoms with Crippen LogP contribution in [0.2, 0.25) is 5.02 Å². The van der Waals surface area contributed by atoms with Gasteiger partial charge in [0.25, 0.3) is 0 Å². The second-order valence-electron chi connectivity index (χ2n) is 6.15. The first-order chi connectivity index (χ1) is 12.8. The molecule has 27 heavy (non-hydrogen) atoms. The van der Waals surface area contributed by atoms with Gasteiger partial charge in [-0.25, -0.2) is 0 Å². The quantitative estimate of drug-likeness (QED) is 0.644. The fraction of sp³-hybridized carbons (Fsp3) is 0.250. The average molecular weight is 389 g/mol. The molecule has 1 unspecified atom stereocenters. The van der Waals surface area contributed by atoms with Crippen LogP contribution in [0.5, 0.6) is 0 Å². The van der Waals surface area contributed by atoms with Crippen LogP contribution < -0.4 is 10.6 Å². The van der Waals surface area contributed by atoms with E-state index >= 15 is 0 Å². The lowest BCUT2D eigenvalue weighted by Crippen LogP contribution is -2.29. The number of rotatable bonds is 8. The lowest BCUT2D eigenvalue weighted by Gasteiger charge is -2.18. The minimum absolute atomic E-state index is 0.0264. The van der Waals surface area contributed by atoms with Gasteiger partial charge in [0.1, 0.15) is 0 Å². The minimum Gasteiger partial charge on any atom is -0.481 e. The molecule has 0 aliphatic rings. The van der Waals surface area contributed by atoms with Gasteiger partial charge in [-0.2, -0.15) is 0 Å². The fourth-order valence-corrected chi connectivity index (χ4v) is 2.77. The topological polar surface area (TPSA) is 95.5 Å². The summed E-state index contributed by atoms with van der Waals surface area (Å²) in [5, 5.41) is 14.9. The number of carbonyl (C=O) groups is 3. The van der Waals surface area contributed by atoms with E-state index in [1.54, 1.807) is 42.5 Å². The molecule has 2 aromatic carbocycles. The Morgan fingerprint density at radius 1 is 1.11 bits per heavy atom. The molecule has 1 atom stereocenters. The van der Waals surface area contributed by atoms with E-state index in [2.05, 4.69) is 10.6 Å². The third kappa shape index (κ3) is 7.11. The highest BCUT2D eigenvalue weighted by atomic mass is 35.5. The van der Waals surface area contributed by atoms with E-state index in [4.69, 9.17) is 16.7 Å². The van der Waals surface area contributed by atoms with Crippen LogP contribution in [0.15, 0.2) is 48.5 Å². The Bertz CT molecular complexity index is 821. The average Bonchev–Trinajstić information content (AvgIpc) is 2.60. The number of amides is 2. The van der Waals surface area contributed by atoms with E-state index in [9.17, 15) is 14.4 Å². The van der Waals surface area contributed by atoms with Gasteiger partial charge in [-0.3, -0.25) is 14.4 Å². The minimum atomic E-state index is -0.870. The summed E-state index contributed by atoms with van der Waals surface area (Å²) in [7, 11) is 0. The predicted octanol–water partition coefficient (Wildman–Crippen LogP) is 3.56. The number of halogens is 1. The number of aliphatic carboxylic acids is 1. The van der Waals surface area contributed by atoms with Gasteiger partial charge in [-0.05, 0) is 41.8 Å². The molecule has 2 rings (SSSR count). The smallest absolute Gasteiger partial charge is 0.303 e. The number of nitrogens with one attached hydrogen (secondary N) is 2. The summed E-state index contributed by atoms with van der Waals surface area (Å²) in [6, 6.07) is 13.5. The molecule has 0 radical (unpaired) electrons. The van der Waals surface area contributed by atoms with E-state index in [-0.39, 0.29) is 24.7 Å². The van der Waals surface area contributed by atoms with Crippen molar-refractivity contribution in [1.29, 1.82) is 0 Å². The zero-order valence-corrected chi connectivity index (χ0v) is 15.6. The number of carboxylic acid groups (broad SMARTS) is 1. The number of carbonyl (C=O) groups excluding carboxylic acids is 2. The van der Waals surface area contributed by atoms with Crippen molar-refractivity contribution in [3.8, 4) is 0 Å². The van der Waals surface area contributed by atoms with Gasteiger partial charge in [0.2, 0.25) is 11.8 Å². The fourth-order valence-electron chi connectivity index (χ4n) is 2.65. The molecule has 6 nitrogen and oxygen atoms in total.